The zero-order chi connectivity index (χ0) is 17.6. The van der Waals surface area contributed by atoms with Crippen LogP contribution in [0.2, 0.25) is 0 Å². The van der Waals surface area contributed by atoms with Gasteiger partial charge in [0.05, 0.1) is 6.61 Å². The van der Waals surface area contributed by atoms with Crippen LogP contribution in [0.25, 0.3) is 0 Å². The van der Waals surface area contributed by atoms with Crippen LogP contribution < -0.4 is 15.8 Å². The Kier molecular flexibility index (Phi) is 10.9. The number of ether oxygens (including phenoxy) is 1. The van der Waals surface area contributed by atoms with Gasteiger partial charge in [-0.25, -0.2) is 4.39 Å². The molecule has 136 valence electrons. The Hall–Kier alpha value is -1.62. The molecule has 1 aromatic rings. The molecule has 0 fully saturated rings. The van der Waals surface area contributed by atoms with Gasteiger partial charge in [-0.1, -0.05) is 45.4 Å². The molecule has 0 saturated heterocycles. The standard InChI is InChI=1S/C19H31FN2O2/c1-2-3-4-5-6-7-8-14-24-18-12-11-16(15-17(18)20)22-19(23)10-9-13-21/h11-12,15H,2-10,13-14,21H2,1H3,(H,22,23). The summed E-state index contributed by atoms with van der Waals surface area (Å²) < 4.78 is 19.5. The van der Waals surface area contributed by atoms with Crippen molar-refractivity contribution in [3.63, 3.8) is 0 Å². The van der Waals surface area contributed by atoms with Gasteiger partial charge in [-0.3, -0.25) is 4.79 Å². The summed E-state index contributed by atoms with van der Waals surface area (Å²) in [5, 5.41) is 2.66. The lowest BCUT2D eigenvalue weighted by molar-refractivity contribution is -0.116. The number of hydrogen-bond acceptors (Lipinski definition) is 3. The highest BCUT2D eigenvalue weighted by molar-refractivity contribution is 5.90. The van der Waals surface area contributed by atoms with Crippen LogP contribution in [0.1, 0.15) is 64.7 Å². The average Bonchev–Trinajstić information content (AvgIpc) is 2.57. The Morgan fingerprint density at radius 2 is 1.83 bits per heavy atom. The summed E-state index contributed by atoms with van der Waals surface area (Å²) in [6, 6.07) is 4.51. The Morgan fingerprint density at radius 3 is 2.50 bits per heavy atom. The smallest absolute Gasteiger partial charge is 0.224 e. The maximum absolute atomic E-state index is 14.0. The summed E-state index contributed by atoms with van der Waals surface area (Å²) in [6.07, 6.45) is 9.33. The number of unbranched alkanes of at least 4 members (excludes halogenated alkanes) is 6. The molecule has 0 aliphatic heterocycles. The highest BCUT2D eigenvalue weighted by Gasteiger charge is 2.07. The highest BCUT2D eigenvalue weighted by Crippen LogP contribution is 2.21. The average molecular weight is 338 g/mol. The van der Waals surface area contributed by atoms with E-state index in [1.54, 1.807) is 12.1 Å². The van der Waals surface area contributed by atoms with Crippen molar-refractivity contribution < 1.29 is 13.9 Å². The van der Waals surface area contributed by atoms with Gasteiger partial charge in [0.25, 0.3) is 0 Å². The molecule has 5 heteroatoms. The summed E-state index contributed by atoms with van der Waals surface area (Å²) in [5.74, 6) is -0.368. The molecule has 3 N–H and O–H groups in total. The van der Waals surface area contributed by atoms with E-state index in [9.17, 15) is 9.18 Å². The van der Waals surface area contributed by atoms with Gasteiger partial charge >= 0.3 is 0 Å². The summed E-state index contributed by atoms with van der Waals surface area (Å²) in [7, 11) is 0. The van der Waals surface area contributed by atoms with Crippen LogP contribution in [0.15, 0.2) is 18.2 Å². The fourth-order valence-corrected chi connectivity index (χ4v) is 2.42. The first-order valence-corrected chi connectivity index (χ1v) is 9.09. The molecule has 0 radical (unpaired) electrons. The fourth-order valence-electron chi connectivity index (χ4n) is 2.42. The first-order valence-electron chi connectivity index (χ1n) is 9.09. The van der Waals surface area contributed by atoms with Gasteiger partial charge in [-0.15, -0.1) is 0 Å². The van der Waals surface area contributed by atoms with E-state index in [0.717, 1.165) is 12.8 Å². The van der Waals surface area contributed by atoms with Crippen LogP contribution in [0.3, 0.4) is 0 Å². The lowest BCUT2D eigenvalue weighted by Crippen LogP contribution is -2.13. The number of benzene rings is 1. The number of rotatable bonds is 13. The predicted molar refractivity (Wildman–Crippen MR) is 96.8 cm³/mol. The van der Waals surface area contributed by atoms with Crippen LogP contribution in [0, 0.1) is 5.82 Å². The molecule has 1 aromatic carbocycles. The van der Waals surface area contributed by atoms with Crippen molar-refractivity contribution in [2.24, 2.45) is 5.73 Å². The van der Waals surface area contributed by atoms with Crippen molar-refractivity contribution >= 4 is 11.6 Å². The van der Waals surface area contributed by atoms with Gasteiger partial charge in [-0.05, 0) is 31.5 Å². The highest BCUT2D eigenvalue weighted by atomic mass is 19.1. The van der Waals surface area contributed by atoms with Crippen LogP contribution >= 0.6 is 0 Å². The lowest BCUT2D eigenvalue weighted by Gasteiger charge is -2.10. The topological polar surface area (TPSA) is 64.3 Å². The monoisotopic (exact) mass is 338 g/mol. The molecule has 0 unspecified atom stereocenters. The predicted octanol–water partition coefficient (Wildman–Crippen LogP) is 4.63. The van der Waals surface area contributed by atoms with Gasteiger partial charge in [-0.2, -0.15) is 0 Å². The molecule has 0 bridgehead atoms. The third-order valence-corrected chi connectivity index (χ3v) is 3.83. The van der Waals surface area contributed by atoms with Gasteiger partial charge in [0.1, 0.15) is 0 Å². The van der Waals surface area contributed by atoms with Crippen molar-refractivity contribution in [2.75, 3.05) is 18.5 Å². The zero-order valence-electron chi connectivity index (χ0n) is 14.8. The number of nitrogens with two attached hydrogens (primary N) is 1. The molecular weight excluding hydrogens is 307 g/mol. The molecule has 0 spiro atoms. The van der Waals surface area contributed by atoms with Gasteiger partial charge in [0.2, 0.25) is 5.91 Å². The molecule has 0 atom stereocenters. The first kappa shape index (κ1) is 20.4. The summed E-state index contributed by atoms with van der Waals surface area (Å²) in [6.45, 7) is 3.19. The molecule has 4 nitrogen and oxygen atoms in total. The van der Waals surface area contributed by atoms with Crippen LogP contribution in [-0.4, -0.2) is 19.1 Å². The second-order valence-corrected chi connectivity index (χ2v) is 6.06. The second-order valence-electron chi connectivity index (χ2n) is 6.06. The molecule has 1 amide bonds. The van der Waals surface area contributed by atoms with Crippen molar-refractivity contribution in [3.8, 4) is 5.75 Å². The Labute approximate surface area is 145 Å². The van der Waals surface area contributed by atoms with E-state index in [4.69, 9.17) is 10.5 Å². The van der Waals surface area contributed by atoms with Gasteiger partial charge in [0.15, 0.2) is 11.6 Å². The van der Waals surface area contributed by atoms with Crippen LogP contribution in [-0.2, 0) is 4.79 Å². The maximum atomic E-state index is 14.0. The van der Waals surface area contributed by atoms with Crippen LogP contribution in [0.5, 0.6) is 5.75 Å². The summed E-state index contributed by atoms with van der Waals surface area (Å²) >= 11 is 0. The van der Waals surface area contributed by atoms with Crippen LogP contribution in [0.4, 0.5) is 10.1 Å². The molecular formula is C19H31FN2O2. The van der Waals surface area contributed by atoms with E-state index >= 15 is 0 Å². The number of hydrogen-bond donors (Lipinski definition) is 2. The number of halogens is 1. The third kappa shape index (κ3) is 8.87. The van der Waals surface area contributed by atoms with Gasteiger partial charge < -0.3 is 15.8 Å². The largest absolute Gasteiger partial charge is 0.491 e. The van der Waals surface area contributed by atoms with Crippen molar-refractivity contribution in [1.82, 2.24) is 0 Å². The van der Waals surface area contributed by atoms with E-state index in [2.05, 4.69) is 12.2 Å². The molecule has 1 rings (SSSR count). The van der Waals surface area contributed by atoms with E-state index in [-0.39, 0.29) is 11.7 Å². The zero-order valence-corrected chi connectivity index (χ0v) is 14.8. The van der Waals surface area contributed by atoms with Crippen molar-refractivity contribution in [3.05, 3.63) is 24.0 Å². The maximum Gasteiger partial charge on any atom is 0.224 e. The molecule has 0 aliphatic rings. The van der Waals surface area contributed by atoms with E-state index in [1.807, 2.05) is 0 Å². The Bertz CT molecular complexity index is 480. The summed E-state index contributed by atoms with van der Waals surface area (Å²) in [5.41, 5.74) is 5.80. The number of nitrogens with one attached hydrogen (secondary N) is 1. The van der Waals surface area contributed by atoms with Crippen molar-refractivity contribution in [2.45, 2.75) is 64.7 Å². The minimum Gasteiger partial charge on any atom is -0.491 e. The number of carbonyl (C=O) groups is 1. The second kappa shape index (κ2) is 12.8. The Morgan fingerprint density at radius 1 is 1.12 bits per heavy atom. The third-order valence-electron chi connectivity index (χ3n) is 3.83. The molecule has 0 saturated carbocycles. The SMILES string of the molecule is CCCCCCCCCOc1ccc(NC(=O)CCCN)cc1F. The van der Waals surface area contributed by atoms with E-state index in [0.29, 0.717) is 31.7 Å². The first-order chi connectivity index (χ1) is 11.7. The number of carbonyl (C=O) groups excluding carboxylic acids is 1. The van der Waals surface area contributed by atoms with E-state index < -0.39 is 5.82 Å². The lowest BCUT2D eigenvalue weighted by atomic mass is 10.1. The Balaban J connectivity index is 2.26. The summed E-state index contributed by atoms with van der Waals surface area (Å²) in [4.78, 5) is 11.6. The van der Waals surface area contributed by atoms with Crippen molar-refractivity contribution in [1.29, 1.82) is 0 Å². The molecule has 24 heavy (non-hydrogen) atoms. The minimum atomic E-state index is -0.449. The van der Waals surface area contributed by atoms with E-state index in [1.165, 1.54) is 38.2 Å². The number of amides is 1. The molecule has 0 aliphatic carbocycles. The van der Waals surface area contributed by atoms with Gasteiger partial charge in [0, 0.05) is 18.2 Å². The molecule has 0 aromatic heterocycles. The quantitative estimate of drug-likeness (QED) is 0.515. The minimum absolute atomic E-state index is 0.156. The molecule has 0 heterocycles. The fraction of sp³-hybridized carbons (Fsp3) is 0.632. The normalized spacial score (nSPS) is 10.6. The number of anilines is 1.